The van der Waals surface area contributed by atoms with Gasteiger partial charge in [-0.15, -0.1) is 24.0 Å². The normalized spacial score (nSPS) is 23.6. The third-order valence-corrected chi connectivity index (χ3v) is 5.88. The first kappa shape index (κ1) is 28.2. The molecule has 2 unspecified atom stereocenters. The monoisotopic (exact) mass is 552 g/mol. The van der Waals surface area contributed by atoms with Crippen molar-refractivity contribution in [3.05, 3.63) is 0 Å². The number of rotatable bonds is 6. The first-order valence-electron chi connectivity index (χ1n) is 11.5. The summed E-state index contributed by atoms with van der Waals surface area (Å²) in [5.74, 6) is 1.51. The average molecular weight is 553 g/mol. The summed E-state index contributed by atoms with van der Waals surface area (Å²) in [6.45, 7) is 19.9. The second-order valence-electron chi connectivity index (χ2n) is 9.94. The molecule has 2 fully saturated rings. The number of nitrogens with one attached hydrogen (secondary N) is 2. The number of hydrogen-bond acceptors (Lipinski definition) is 5. The first-order valence-corrected chi connectivity index (χ1v) is 11.5. The summed E-state index contributed by atoms with van der Waals surface area (Å²) in [4.78, 5) is 23.3. The van der Waals surface area contributed by atoms with Gasteiger partial charge in [0.15, 0.2) is 5.96 Å². The molecular weight excluding hydrogens is 507 g/mol. The Bertz CT molecular complexity index is 573. The summed E-state index contributed by atoms with van der Waals surface area (Å²) in [5.41, 5.74) is -0.435. The fraction of sp³-hybridized carbons (Fsp3) is 0.909. The number of likely N-dealkylation sites (tertiary alicyclic amines) is 1. The molecule has 0 radical (unpaired) electrons. The van der Waals surface area contributed by atoms with Crippen LogP contribution in [-0.4, -0.2) is 104 Å². The number of halogens is 1. The van der Waals surface area contributed by atoms with Gasteiger partial charge in [-0.1, -0.05) is 6.92 Å². The van der Waals surface area contributed by atoms with E-state index in [4.69, 9.17) is 4.74 Å². The Hall–Kier alpha value is -0.810. The van der Waals surface area contributed by atoms with Crippen molar-refractivity contribution in [3.63, 3.8) is 0 Å². The van der Waals surface area contributed by atoms with Crippen LogP contribution in [0.2, 0.25) is 0 Å². The van der Waals surface area contributed by atoms with Crippen LogP contribution in [0.5, 0.6) is 0 Å². The van der Waals surface area contributed by atoms with Gasteiger partial charge in [-0.25, -0.2) is 4.79 Å². The SMILES string of the molecule is CN=C(NCCCN1CCN(C(=O)OC(C)(C)C)CC1)NC1CN(C(C)C)CC1C.I. The molecule has 0 aromatic rings. The highest BCUT2D eigenvalue weighted by Gasteiger charge is 2.31. The van der Waals surface area contributed by atoms with E-state index in [1.54, 1.807) is 0 Å². The predicted molar refractivity (Wildman–Crippen MR) is 138 cm³/mol. The molecule has 0 spiro atoms. The van der Waals surface area contributed by atoms with Gasteiger partial charge >= 0.3 is 6.09 Å². The second-order valence-corrected chi connectivity index (χ2v) is 9.94. The van der Waals surface area contributed by atoms with E-state index in [0.717, 1.165) is 64.7 Å². The summed E-state index contributed by atoms with van der Waals surface area (Å²) >= 11 is 0. The van der Waals surface area contributed by atoms with Gasteiger partial charge in [0.1, 0.15) is 5.60 Å². The maximum absolute atomic E-state index is 12.2. The number of nitrogens with zero attached hydrogens (tertiary/aromatic N) is 4. The molecule has 31 heavy (non-hydrogen) atoms. The van der Waals surface area contributed by atoms with Crippen LogP contribution in [0.15, 0.2) is 4.99 Å². The number of hydrogen-bond donors (Lipinski definition) is 2. The minimum atomic E-state index is -0.435. The highest BCUT2D eigenvalue weighted by molar-refractivity contribution is 14.0. The molecule has 2 saturated heterocycles. The van der Waals surface area contributed by atoms with Crippen LogP contribution in [0, 0.1) is 5.92 Å². The van der Waals surface area contributed by atoms with Crippen LogP contribution >= 0.6 is 24.0 Å². The summed E-state index contributed by atoms with van der Waals surface area (Å²) in [6.07, 6.45) is 0.849. The van der Waals surface area contributed by atoms with Crippen LogP contribution in [0.3, 0.4) is 0 Å². The Balaban J connectivity index is 0.00000480. The van der Waals surface area contributed by atoms with Crippen LogP contribution in [-0.2, 0) is 4.74 Å². The maximum atomic E-state index is 12.2. The molecule has 182 valence electrons. The molecule has 0 aromatic heterocycles. The standard InChI is InChI=1S/C22H44N6O2.HI/c1-17(2)28-15-18(3)19(16-28)25-20(23-7)24-9-8-10-26-11-13-27(14-12-26)21(29)30-22(4,5)6;/h17-19H,8-16H2,1-7H3,(H2,23,24,25);1H. The third kappa shape index (κ3) is 9.69. The highest BCUT2D eigenvalue weighted by Crippen LogP contribution is 2.18. The van der Waals surface area contributed by atoms with Crippen molar-refractivity contribution in [2.24, 2.45) is 10.9 Å². The molecular formula is C22H45IN6O2. The first-order chi connectivity index (χ1) is 14.1. The van der Waals surface area contributed by atoms with Crippen LogP contribution in [0.25, 0.3) is 0 Å². The van der Waals surface area contributed by atoms with Gasteiger partial charge in [0.05, 0.1) is 0 Å². The van der Waals surface area contributed by atoms with Gasteiger partial charge in [-0.2, -0.15) is 0 Å². The third-order valence-electron chi connectivity index (χ3n) is 5.88. The van der Waals surface area contributed by atoms with E-state index >= 15 is 0 Å². The summed E-state index contributed by atoms with van der Waals surface area (Å²) < 4.78 is 5.47. The molecule has 2 rings (SSSR count). The maximum Gasteiger partial charge on any atom is 0.410 e. The number of carbonyl (C=O) groups excluding carboxylic acids is 1. The Labute approximate surface area is 206 Å². The molecule has 8 nitrogen and oxygen atoms in total. The van der Waals surface area contributed by atoms with Crippen molar-refractivity contribution in [2.45, 2.75) is 65.6 Å². The molecule has 1 amide bonds. The minimum absolute atomic E-state index is 0. The van der Waals surface area contributed by atoms with Gasteiger partial charge in [0.2, 0.25) is 0 Å². The average Bonchev–Trinajstić information content (AvgIpc) is 3.04. The number of amides is 1. The number of aliphatic imine (C=N–C) groups is 1. The molecule has 2 N–H and O–H groups in total. The Kier molecular flexibility index (Phi) is 11.9. The smallest absolute Gasteiger partial charge is 0.410 e. The van der Waals surface area contributed by atoms with Gasteiger partial charge in [-0.3, -0.25) is 14.8 Å². The molecule has 0 aliphatic carbocycles. The topological polar surface area (TPSA) is 72.4 Å². The van der Waals surface area contributed by atoms with E-state index in [0.29, 0.717) is 18.0 Å². The molecule has 2 atom stereocenters. The van der Waals surface area contributed by atoms with Crippen molar-refractivity contribution >= 4 is 36.0 Å². The van der Waals surface area contributed by atoms with Crippen molar-refractivity contribution < 1.29 is 9.53 Å². The van der Waals surface area contributed by atoms with Crippen molar-refractivity contribution in [1.29, 1.82) is 0 Å². The van der Waals surface area contributed by atoms with Crippen LogP contribution < -0.4 is 10.6 Å². The lowest BCUT2D eigenvalue weighted by molar-refractivity contribution is 0.0145. The zero-order valence-electron chi connectivity index (χ0n) is 20.6. The molecule has 2 aliphatic rings. The van der Waals surface area contributed by atoms with Crippen molar-refractivity contribution in [3.8, 4) is 0 Å². The Morgan fingerprint density at radius 1 is 1.16 bits per heavy atom. The molecule has 0 aromatic carbocycles. The van der Waals surface area contributed by atoms with Gasteiger partial charge in [-0.05, 0) is 53.5 Å². The lowest BCUT2D eigenvalue weighted by Crippen LogP contribution is -2.50. The van der Waals surface area contributed by atoms with Crippen LogP contribution in [0.4, 0.5) is 4.79 Å². The Morgan fingerprint density at radius 2 is 1.81 bits per heavy atom. The quantitative estimate of drug-likeness (QED) is 0.228. The molecule has 2 aliphatic heterocycles. The minimum Gasteiger partial charge on any atom is -0.444 e. The van der Waals surface area contributed by atoms with Crippen molar-refractivity contribution in [1.82, 2.24) is 25.3 Å². The van der Waals surface area contributed by atoms with E-state index < -0.39 is 5.60 Å². The summed E-state index contributed by atoms with van der Waals surface area (Å²) in [5, 5.41) is 7.06. The van der Waals surface area contributed by atoms with E-state index in [1.807, 2.05) is 32.7 Å². The summed E-state index contributed by atoms with van der Waals surface area (Å²) in [7, 11) is 1.84. The van der Waals surface area contributed by atoms with E-state index in [2.05, 4.69) is 46.2 Å². The van der Waals surface area contributed by atoms with E-state index in [-0.39, 0.29) is 30.1 Å². The second kappa shape index (κ2) is 13.0. The number of ether oxygens (including phenoxy) is 1. The van der Waals surface area contributed by atoms with Crippen molar-refractivity contribution in [2.75, 3.05) is 59.4 Å². The molecule has 9 heteroatoms. The molecule has 0 bridgehead atoms. The molecule has 2 heterocycles. The number of guanidine groups is 1. The largest absolute Gasteiger partial charge is 0.444 e. The predicted octanol–water partition coefficient (Wildman–Crippen LogP) is 2.44. The fourth-order valence-electron chi connectivity index (χ4n) is 3.97. The van der Waals surface area contributed by atoms with Gasteiger partial charge in [0, 0.05) is 64.9 Å². The Morgan fingerprint density at radius 3 is 2.32 bits per heavy atom. The van der Waals surface area contributed by atoms with E-state index in [1.165, 1.54) is 0 Å². The number of piperazine rings is 1. The summed E-state index contributed by atoms with van der Waals surface area (Å²) in [6, 6.07) is 1.03. The lowest BCUT2D eigenvalue weighted by atomic mass is 10.1. The van der Waals surface area contributed by atoms with Crippen LogP contribution in [0.1, 0.15) is 48.0 Å². The zero-order chi connectivity index (χ0) is 22.3. The molecule has 0 saturated carbocycles. The lowest BCUT2D eigenvalue weighted by Gasteiger charge is -2.35. The van der Waals surface area contributed by atoms with Gasteiger partial charge in [0.25, 0.3) is 0 Å². The van der Waals surface area contributed by atoms with E-state index in [9.17, 15) is 4.79 Å². The number of carbonyl (C=O) groups is 1. The zero-order valence-corrected chi connectivity index (χ0v) is 22.9. The fourth-order valence-corrected chi connectivity index (χ4v) is 3.97. The highest BCUT2D eigenvalue weighted by atomic mass is 127. The van der Waals surface area contributed by atoms with Gasteiger partial charge < -0.3 is 20.3 Å².